The Labute approximate surface area is 209 Å². The van der Waals surface area contributed by atoms with E-state index in [0.717, 1.165) is 16.7 Å². The second-order valence-corrected chi connectivity index (χ2v) is 10.5. The number of nitrogens with one attached hydrogen (secondary N) is 1. The van der Waals surface area contributed by atoms with Crippen LogP contribution < -0.4 is 14.4 Å². The molecule has 0 unspecified atom stereocenters. The maximum Gasteiger partial charge on any atom is 0.242 e. The molecule has 0 aromatic heterocycles. The Morgan fingerprint density at radius 3 is 2.43 bits per heavy atom. The highest BCUT2D eigenvalue weighted by Crippen LogP contribution is 2.25. The van der Waals surface area contributed by atoms with Crippen LogP contribution in [0.15, 0.2) is 42.5 Å². The van der Waals surface area contributed by atoms with Crippen molar-refractivity contribution in [3.05, 3.63) is 59.2 Å². The first-order valence-corrected chi connectivity index (χ1v) is 13.6. The monoisotopic (exact) mass is 503 g/mol. The summed E-state index contributed by atoms with van der Waals surface area (Å²) in [5.41, 5.74) is 3.33. The summed E-state index contributed by atoms with van der Waals surface area (Å²) in [6.07, 6.45) is 1.59. The van der Waals surface area contributed by atoms with Crippen LogP contribution in [0.1, 0.15) is 43.4 Å². The molecular formula is C26H37N3O5S. The van der Waals surface area contributed by atoms with Crippen molar-refractivity contribution in [3.63, 3.8) is 0 Å². The van der Waals surface area contributed by atoms with Crippen LogP contribution in [0.25, 0.3) is 0 Å². The van der Waals surface area contributed by atoms with Crippen LogP contribution in [0.2, 0.25) is 0 Å². The predicted octanol–water partition coefficient (Wildman–Crippen LogP) is 3.41. The van der Waals surface area contributed by atoms with E-state index in [1.54, 1.807) is 20.1 Å². The quantitative estimate of drug-likeness (QED) is 0.479. The number of hydrogen-bond acceptors (Lipinski definition) is 5. The third-order valence-corrected chi connectivity index (χ3v) is 7.18. The summed E-state index contributed by atoms with van der Waals surface area (Å²) in [7, 11) is -1.97. The lowest BCUT2D eigenvalue weighted by Gasteiger charge is -2.29. The molecule has 1 N–H and O–H groups in total. The molecule has 2 amide bonds. The summed E-state index contributed by atoms with van der Waals surface area (Å²) in [5, 5.41) is 2.77. The molecule has 0 spiro atoms. The number of likely N-dealkylation sites (N-methyl/N-ethyl adjacent to an activating group) is 1. The zero-order valence-corrected chi connectivity index (χ0v) is 22.3. The molecule has 0 saturated heterocycles. The molecule has 0 aliphatic carbocycles. The van der Waals surface area contributed by atoms with Gasteiger partial charge in [0.1, 0.15) is 11.8 Å². The number of methoxy groups -OCH3 is 1. The Balaban J connectivity index is 2.21. The number of anilines is 1. The van der Waals surface area contributed by atoms with E-state index in [2.05, 4.69) is 5.32 Å². The van der Waals surface area contributed by atoms with Crippen molar-refractivity contribution >= 4 is 27.5 Å². The maximum atomic E-state index is 13.3. The van der Waals surface area contributed by atoms with E-state index in [1.807, 2.05) is 57.2 Å². The fraction of sp³-hybridized carbons (Fsp3) is 0.462. The highest BCUT2D eigenvalue weighted by molar-refractivity contribution is 7.92. The number of carbonyl (C=O) groups excluding carboxylic acids is 2. The zero-order valence-electron chi connectivity index (χ0n) is 21.5. The van der Waals surface area contributed by atoms with Crippen LogP contribution >= 0.6 is 0 Å². The molecule has 0 radical (unpaired) electrons. The molecule has 1 atom stereocenters. The van der Waals surface area contributed by atoms with E-state index in [9.17, 15) is 18.0 Å². The van der Waals surface area contributed by atoms with Crippen LogP contribution in [-0.2, 0) is 26.2 Å². The van der Waals surface area contributed by atoms with Crippen LogP contribution in [0.3, 0.4) is 0 Å². The molecule has 2 rings (SSSR count). The fourth-order valence-electron chi connectivity index (χ4n) is 3.86. The number of sulfonamides is 1. The van der Waals surface area contributed by atoms with E-state index in [4.69, 9.17) is 4.74 Å². The lowest BCUT2D eigenvalue weighted by atomic mass is 10.1. The van der Waals surface area contributed by atoms with Gasteiger partial charge in [-0.15, -0.1) is 0 Å². The van der Waals surface area contributed by atoms with E-state index < -0.39 is 16.1 Å². The molecule has 0 heterocycles. The topological polar surface area (TPSA) is 96.0 Å². The maximum absolute atomic E-state index is 13.3. The zero-order chi connectivity index (χ0) is 26.2. The van der Waals surface area contributed by atoms with Crippen LogP contribution in [0, 0.1) is 13.8 Å². The molecular weight excluding hydrogens is 466 g/mol. The van der Waals surface area contributed by atoms with Crippen molar-refractivity contribution in [3.8, 4) is 5.75 Å². The van der Waals surface area contributed by atoms with Crippen LogP contribution in [-0.4, -0.2) is 57.6 Å². The van der Waals surface area contributed by atoms with Crippen molar-refractivity contribution < 1.29 is 22.7 Å². The largest absolute Gasteiger partial charge is 0.497 e. The highest BCUT2D eigenvalue weighted by atomic mass is 32.2. The number of hydrogen-bond donors (Lipinski definition) is 1. The summed E-state index contributed by atoms with van der Waals surface area (Å²) in [6.45, 7) is 8.20. The van der Waals surface area contributed by atoms with Crippen molar-refractivity contribution in [1.29, 1.82) is 0 Å². The second kappa shape index (κ2) is 12.6. The number of benzene rings is 2. The van der Waals surface area contributed by atoms with E-state index in [1.165, 1.54) is 15.5 Å². The molecule has 0 fully saturated rings. The molecule has 9 heteroatoms. The van der Waals surface area contributed by atoms with Gasteiger partial charge in [0.15, 0.2) is 0 Å². The van der Waals surface area contributed by atoms with Crippen LogP contribution in [0.4, 0.5) is 5.69 Å². The van der Waals surface area contributed by atoms with Gasteiger partial charge >= 0.3 is 0 Å². The van der Waals surface area contributed by atoms with Gasteiger partial charge in [-0.25, -0.2) is 8.42 Å². The Kier molecular flexibility index (Phi) is 10.1. The van der Waals surface area contributed by atoms with Crippen molar-refractivity contribution in [2.75, 3.05) is 30.8 Å². The third kappa shape index (κ3) is 7.71. The van der Waals surface area contributed by atoms with Gasteiger partial charge < -0.3 is 15.0 Å². The van der Waals surface area contributed by atoms with Crippen molar-refractivity contribution in [1.82, 2.24) is 10.2 Å². The lowest BCUT2D eigenvalue weighted by molar-refractivity contribution is -0.140. The summed E-state index contributed by atoms with van der Waals surface area (Å²) >= 11 is 0. The first-order valence-electron chi connectivity index (χ1n) is 11.7. The fourth-order valence-corrected chi connectivity index (χ4v) is 4.88. The van der Waals surface area contributed by atoms with E-state index >= 15 is 0 Å². The number of rotatable bonds is 12. The predicted molar refractivity (Wildman–Crippen MR) is 139 cm³/mol. The summed E-state index contributed by atoms with van der Waals surface area (Å²) in [6, 6.07) is 12.2. The summed E-state index contributed by atoms with van der Waals surface area (Å²) < 4.78 is 31.7. The van der Waals surface area contributed by atoms with E-state index in [0.29, 0.717) is 24.4 Å². The van der Waals surface area contributed by atoms with Crippen LogP contribution in [0.5, 0.6) is 5.75 Å². The van der Waals surface area contributed by atoms with Gasteiger partial charge in [0.05, 0.1) is 19.1 Å². The molecule has 2 aromatic rings. The first kappa shape index (κ1) is 28.2. The molecule has 8 nitrogen and oxygen atoms in total. The van der Waals surface area contributed by atoms with Gasteiger partial charge in [0.25, 0.3) is 0 Å². The minimum absolute atomic E-state index is 0.102. The summed E-state index contributed by atoms with van der Waals surface area (Å²) in [4.78, 5) is 27.4. The lowest BCUT2D eigenvalue weighted by Crippen LogP contribution is -2.47. The molecule has 0 aliphatic heterocycles. The Morgan fingerprint density at radius 2 is 1.80 bits per heavy atom. The second-order valence-electron chi connectivity index (χ2n) is 8.60. The van der Waals surface area contributed by atoms with Gasteiger partial charge in [0, 0.05) is 26.1 Å². The number of ether oxygens (including phenoxy) is 1. The molecule has 0 bridgehead atoms. The van der Waals surface area contributed by atoms with Gasteiger partial charge in [0.2, 0.25) is 21.8 Å². The molecule has 0 aliphatic rings. The summed E-state index contributed by atoms with van der Waals surface area (Å²) in [5.74, 6) is 0.204. The average Bonchev–Trinajstić information content (AvgIpc) is 2.81. The van der Waals surface area contributed by atoms with Gasteiger partial charge in [-0.1, -0.05) is 24.3 Å². The Bertz CT molecular complexity index is 1130. The minimum Gasteiger partial charge on any atom is -0.497 e. The van der Waals surface area contributed by atoms with Gasteiger partial charge in [-0.05, 0) is 69.0 Å². The number of amides is 2. The van der Waals surface area contributed by atoms with Crippen molar-refractivity contribution in [2.24, 2.45) is 0 Å². The SMILES string of the molecule is CCNC(=O)[C@@H](C)N(Cc1cccc(OC)c1)C(=O)CCCN(c1cccc(C)c1C)S(C)(=O)=O. The highest BCUT2D eigenvalue weighted by Gasteiger charge is 2.26. The smallest absolute Gasteiger partial charge is 0.242 e. The number of nitrogens with zero attached hydrogens (tertiary/aromatic N) is 2. The molecule has 192 valence electrons. The Hall–Kier alpha value is -3.07. The normalized spacial score (nSPS) is 12.1. The average molecular weight is 504 g/mol. The standard InChI is InChI=1S/C26H37N3O5S/c1-7-27-26(31)21(4)28(18-22-12-9-13-23(17-22)34-5)25(30)15-10-16-29(35(6,32)33)24-14-8-11-19(2)20(24)3/h8-9,11-14,17,21H,7,10,15-16,18H2,1-6H3,(H,27,31)/t21-/m1/s1. The van der Waals surface area contributed by atoms with Gasteiger partial charge in [-0.2, -0.15) is 0 Å². The minimum atomic E-state index is -3.54. The van der Waals surface area contributed by atoms with Gasteiger partial charge in [-0.3, -0.25) is 13.9 Å². The van der Waals surface area contributed by atoms with Crippen molar-refractivity contribution in [2.45, 2.75) is 53.1 Å². The number of aryl methyl sites for hydroxylation is 1. The first-order chi connectivity index (χ1) is 16.5. The molecule has 2 aromatic carbocycles. The molecule has 0 saturated carbocycles. The molecule has 35 heavy (non-hydrogen) atoms. The third-order valence-electron chi connectivity index (χ3n) is 6.00. The van der Waals surface area contributed by atoms with E-state index in [-0.39, 0.29) is 31.3 Å². The number of carbonyl (C=O) groups is 2. The Morgan fingerprint density at radius 1 is 1.11 bits per heavy atom.